The molecule has 0 spiro atoms. The number of unbranched alkanes of at least 4 members (excludes halogenated alkanes) is 10. The first-order valence-corrected chi connectivity index (χ1v) is 11.5. The van der Waals surface area contributed by atoms with Gasteiger partial charge in [-0.2, -0.15) is 0 Å². The van der Waals surface area contributed by atoms with Gasteiger partial charge in [-0.05, 0) is 12.8 Å². The Morgan fingerprint density at radius 2 is 1.25 bits per heavy atom. The van der Waals surface area contributed by atoms with Gasteiger partial charge in [-0.15, -0.1) is 0 Å². The molecule has 6 atom stereocenters. The Morgan fingerprint density at radius 3 is 1.79 bits per heavy atom. The summed E-state index contributed by atoms with van der Waals surface area (Å²) in [5.74, 6) is -1.93. The molecule has 0 aliphatic carbocycles. The van der Waals surface area contributed by atoms with E-state index in [0.29, 0.717) is 12.8 Å². The van der Waals surface area contributed by atoms with Gasteiger partial charge in [-0.25, -0.2) is 0 Å². The molecular weight excluding hydrogens is 360 g/mol. The molecule has 5 N–H and O–H groups in total. The molecule has 2 unspecified atom stereocenters. The van der Waals surface area contributed by atoms with Gasteiger partial charge < -0.3 is 30.3 Å². The van der Waals surface area contributed by atoms with Crippen LogP contribution in [-0.2, 0) is 4.74 Å². The Labute approximate surface area is 170 Å². The van der Waals surface area contributed by atoms with E-state index in [4.69, 9.17) is 4.74 Å². The molecule has 1 saturated heterocycles. The quantitative estimate of drug-likeness (QED) is 0.268. The minimum atomic E-state index is -1.93. The zero-order valence-corrected chi connectivity index (χ0v) is 17.9. The van der Waals surface area contributed by atoms with Crippen LogP contribution < -0.4 is 0 Å². The predicted octanol–water partition coefficient (Wildman–Crippen LogP) is 3.02. The summed E-state index contributed by atoms with van der Waals surface area (Å²) in [7, 11) is 0. The molecule has 0 bridgehead atoms. The number of rotatable bonds is 15. The number of ether oxygens (including phenoxy) is 1. The molecule has 0 amide bonds. The normalized spacial score (nSPS) is 31.8. The summed E-state index contributed by atoms with van der Waals surface area (Å²) in [6, 6.07) is 0. The molecule has 0 saturated carbocycles. The lowest BCUT2D eigenvalue weighted by molar-refractivity contribution is -0.359. The van der Waals surface area contributed by atoms with E-state index in [2.05, 4.69) is 6.92 Å². The van der Waals surface area contributed by atoms with E-state index in [9.17, 15) is 25.5 Å². The van der Waals surface area contributed by atoms with E-state index >= 15 is 0 Å². The van der Waals surface area contributed by atoms with Gasteiger partial charge in [0, 0.05) is 6.42 Å². The fourth-order valence-electron chi connectivity index (χ4n) is 3.97. The highest BCUT2D eigenvalue weighted by Gasteiger charge is 2.53. The summed E-state index contributed by atoms with van der Waals surface area (Å²) in [4.78, 5) is 0. The van der Waals surface area contributed by atoms with Gasteiger partial charge in [0.2, 0.25) is 0 Å². The lowest BCUT2D eigenvalue weighted by Gasteiger charge is -2.47. The van der Waals surface area contributed by atoms with E-state index in [1.54, 1.807) is 0 Å². The van der Waals surface area contributed by atoms with Crippen LogP contribution in [0.4, 0.5) is 0 Å². The highest BCUT2D eigenvalue weighted by atomic mass is 16.7. The van der Waals surface area contributed by atoms with Crippen LogP contribution in [-0.4, -0.2) is 61.8 Å². The molecule has 28 heavy (non-hydrogen) atoms. The Bertz CT molecular complexity index is 393. The van der Waals surface area contributed by atoms with Crippen molar-refractivity contribution in [2.75, 3.05) is 0 Å². The minimum absolute atomic E-state index is 0.149. The van der Waals surface area contributed by atoms with E-state index in [1.807, 2.05) is 6.92 Å². The summed E-state index contributed by atoms with van der Waals surface area (Å²) in [5.41, 5.74) is 0. The van der Waals surface area contributed by atoms with Crippen LogP contribution in [0.1, 0.15) is 104 Å². The summed E-state index contributed by atoms with van der Waals surface area (Å²) in [6.07, 6.45) is 7.27. The van der Waals surface area contributed by atoms with Crippen molar-refractivity contribution in [2.24, 2.45) is 0 Å². The van der Waals surface area contributed by atoms with Crippen molar-refractivity contribution in [3.8, 4) is 0 Å². The number of hydrogen-bond donors (Lipinski definition) is 5. The second kappa shape index (κ2) is 13.9. The molecule has 0 radical (unpaired) electrons. The summed E-state index contributed by atoms with van der Waals surface area (Å²) < 4.78 is 5.52. The third kappa shape index (κ3) is 8.25. The molecule has 6 heteroatoms. The lowest BCUT2D eigenvalue weighted by atomic mass is 9.86. The van der Waals surface area contributed by atoms with Gasteiger partial charge in [-0.3, -0.25) is 0 Å². The third-order valence-corrected chi connectivity index (χ3v) is 5.93. The summed E-state index contributed by atoms with van der Waals surface area (Å²) >= 11 is 0. The van der Waals surface area contributed by atoms with Gasteiger partial charge in [0.1, 0.15) is 24.4 Å². The van der Waals surface area contributed by atoms with Crippen LogP contribution in [0, 0.1) is 0 Å². The summed E-state index contributed by atoms with van der Waals surface area (Å²) in [6.45, 7) is 4.17. The molecule has 1 fully saturated rings. The molecule has 0 aromatic rings. The fourth-order valence-corrected chi connectivity index (χ4v) is 3.97. The number of aliphatic hydroxyl groups is 5. The Balaban J connectivity index is 2.31. The van der Waals surface area contributed by atoms with Gasteiger partial charge in [-0.1, -0.05) is 84.5 Å². The lowest BCUT2D eigenvalue weighted by Crippen LogP contribution is -2.66. The van der Waals surface area contributed by atoms with Crippen LogP contribution in [0.3, 0.4) is 0 Å². The molecule has 1 heterocycles. The SMILES string of the molecule is CCCCCCCCCCCCC(O)[C@H]1OC(O)(CCCC)[C@H](O)[C@@H](O)[C@@H]1O. The number of hydrogen-bond acceptors (Lipinski definition) is 6. The van der Waals surface area contributed by atoms with Crippen molar-refractivity contribution < 1.29 is 30.3 Å². The maximum Gasteiger partial charge on any atom is 0.195 e. The van der Waals surface area contributed by atoms with Gasteiger partial charge >= 0.3 is 0 Å². The standard InChI is InChI=1S/C22H44O6/c1-3-5-7-8-9-10-11-12-13-14-15-17(23)20-18(24)19(25)21(26)22(27,28-20)16-6-4-2/h17-21,23-27H,3-16H2,1-2H3/t17?,18-,19-,20+,21+,22?/m0/s1. The van der Waals surface area contributed by atoms with E-state index in [-0.39, 0.29) is 6.42 Å². The maximum atomic E-state index is 10.6. The summed E-state index contributed by atoms with van der Waals surface area (Å²) in [5, 5.41) is 51.4. The Morgan fingerprint density at radius 1 is 0.750 bits per heavy atom. The highest BCUT2D eigenvalue weighted by Crippen LogP contribution is 2.34. The van der Waals surface area contributed by atoms with Crippen LogP contribution >= 0.6 is 0 Å². The maximum absolute atomic E-state index is 10.6. The van der Waals surface area contributed by atoms with E-state index < -0.39 is 36.3 Å². The molecule has 168 valence electrons. The predicted molar refractivity (Wildman–Crippen MR) is 110 cm³/mol. The van der Waals surface area contributed by atoms with Crippen molar-refractivity contribution in [1.82, 2.24) is 0 Å². The molecule has 6 nitrogen and oxygen atoms in total. The molecule has 1 aliphatic rings. The van der Waals surface area contributed by atoms with E-state index in [1.165, 1.54) is 44.9 Å². The second-order valence-electron chi connectivity index (χ2n) is 8.49. The Kier molecular flexibility index (Phi) is 12.8. The van der Waals surface area contributed by atoms with Gasteiger partial charge in [0.25, 0.3) is 0 Å². The topological polar surface area (TPSA) is 110 Å². The molecule has 0 aromatic heterocycles. The van der Waals surface area contributed by atoms with Crippen LogP contribution in [0.2, 0.25) is 0 Å². The van der Waals surface area contributed by atoms with Crippen molar-refractivity contribution in [2.45, 2.75) is 140 Å². The monoisotopic (exact) mass is 404 g/mol. The van der Waals surface area contributed by atoms with Gasteiger partial charge in [0.15, 0.2) is 5.79 Å². The van der Waals surface area contributed by atoms with Crippen molar-refractivity contribution in [3.05, 3.63) is 0 Å². The van der Waals surface area contributed by atoms with E-state index in [0.717, 1.165) is 25.7 Å². The Hall–Kier alpha value is -0.240. The van der Waals surface area contributed by atoms with Gasteiger partial charge in [0.05, 0.1) is 6.10 Å². The molecule has 0 aromatic carbocycles. The fraction of sp³-hybridized carbons (Fsp3) is 1.00. The van der Waals surface area contributed by atoms with Crippen molar-refractivity contribution in [3.63, 3.8) is 0 Å². The molecule has 1 aliphatic heterocycles. The highest BCUT2D eigenvalue weighted by molar-refractivity contribution is 4.98. The number of aliphatic hydroxyl groups excluding tert-OH is 4. The largest absolute Gasteiger partial charge is 0.390 e. The first-order chi connectivity index (χ1) is 13.4. The third-order valence-electron chi connectivity index (χ3n) is 5.93. The minimum Gasteiger partial charge on any atom is -0.390 e. The first-order valence-electron chi connectivity index (χ1n) is 11.5. The molecular formula is C22H44O6. The average molecular weight is 405 g/mol. The zero-order chi connectivity index (χ0) is 21.0. The van der Waals surface area contributed by atoms with Crippen molar-refractivity contribution in [1.29, 1.82) is 0 Å². The van der Waals surface area contributed by atoms with Crippen LogP contribution in [0.25, 0.3) is 0 Å². The van der Waals surface area contributed by atoms with Crippen LogP contribution in [0.15, 0.2) is 0 Å². The second-order valence-corrected chi connectivity index (χ2v) is 8.49. The smallest absolute Gasteiger partial charge is 0.195 e. The average Bonchev–Trinajstić information content (AvgIpc) is 2.69. The van der Waals surface area contributed by atoms with Crippen LogP contribution in [0.5, 0.6) is 0 Å². The molecule has 1 rings (SSSR count). The first kappa shape index (κ1) is 25.8. The van der Waals surface area contributed by atoms with Crippen molar-refractivity contribution >= 4 is 0 Å². The zero-order valence-electron chi connectivity index (χ0n) is 17.9.